The molecule has 0 radical (unpaired) electrons. The molecule has 0 aromatic heterocycles. The van der Waals surface area contributed by atoms with Gasteiger partial charge in [-0.05, 0) is 56.0 Å². The molecule has 0 aliphatic carbocycles. The van der Waals surface area contributed by atoms with Crippen molar-refractivity contribution >= 4 is 0 Å². The summed E-state index contributed by atoms with van der Waals surface area (Å²) >= 11 is 0. The molecule has 82 valence electrons. The smallest absolute Gasteiger partial charge is 0.118 e. The Hall–Kier alpha value is -1.02. The van der Waals surface area contributed by atoms with E-state index in [-0.39, 0.29) is 0 Å². The maximum absolute atomic E-state index is 5.15. The van der Waals surface area contributed by atoms with E-state index in [1.165, 1.54) is 37.9 Å². The minimum Gasteiger partial charge on any atom is -0.497 e. The van der Waals surface area contributed by atoms with Gasteiger partial charge >= 0.3 is 0 Å². The van der Waals surface area contributed by atoms with Gasteiger partial charge in [0.25, 0.3) is 0 Å². The van der Waals surface area contributed by atoms with Gasteiger partial charge in [-0.15, -0.1) is 0 Å². The molecule has 2 heteroatoms. The normalized spacial score (nSPS) is 21.3. The molecule has 1 aromatic carbocycles. The van der Waals surface area contributed by atoms with Crippen molar-refractivity contribution in [2.75, 3.05) is 20.2 Å². The lowest BCUT2D eigenvalue weighted by Gasteiger charge is -2.22. The van der Waals surface area contributed by atoms with Crippen molar-refractivity contribution < 1.29 is 4.74 Å². The topological polar surface area (TPSA) is 21.3 Å². The number of piperidine rings is 1. The third-order valence-corrected chi connectivity index (χ3v) is 3.08. The Bertz CT molecular complexity index is 288. The van der Waals surface area contributed by atoms with Crippen molar-refractivity contribution in [3.8, 4) is 5.75 Å². The number of benzene rings is 1. The standard InChI is InChI=1S/C13H19NO/c1-15-13-6-4-11(5-7-13)9-12-3-2-8-14-10-12/h4-7,12,14H,2-3,8-10H2,1H3/t12-/m1/s1. The van der Waals surface area contributed by atoms with Crippen LogP contribution >= 0.6 is 0 Å². The highest BCUT2D eigenvalue weighted by Gasteiger charge is 2.13. The molecular weight excluding hydrogens is 186 g/mol. The molecular formula is C13H19NO. The van der Waals surface area contributed by atoms with E-state index in [4.69, 9.17) is 4.74 Å². The summed E-state index contributed by atoms with van der Waals surface area (Å²) in [6.45, 7) is 2.37. The second-order valence-electron chi connectivity index (χ2n) is 4.26. The van der Waals surface area contributed by atoms with E-state index in [1.807, 2.05) is 12.1 Å². The van der Waals surface area contributed by atoms with Crippen LogP contribution in [-0.2, 0) is 6.42 Å². The van der Waals surface area contributed by atoms with Gasteiger partial charge in [-0.1, -0.05) is 12.1 Å². The molecule has 1 atom stereocenters. The SMILES string of the molecule is COc1ccc(C[C@H]2CCCNC2)cc1. The summed E-state index contributed by atoms with van der Waals surface area (Å²) in [5.74, 6) is 1.76. The first-order chi connectivity index (χ1) is 7.38. The Labute approximate surface area is 91.6 Å². The van der Waals surface area contributed by atoms with Gasteiger partial charge in [0, 0.05) is 0 Å². The third kappa shape index (κ3) is 2.96. The maximum Gasteiger partial charge on any atom is 0.118 e. The number of ether oxygens (including phenoxy) is 1. The van der Waals surface area contributed by atoms with Gasteiger partial charge in [0.2, 0.25) is 0 Å². The number of hydrogen-bond acceptors (Lipinski definition) is 2. The van der Waals surface area contributed by atoms with E-state index in [2.05, 4.69) is 17.4 Å². The Morgan fingerprint density at radius 1 is 1.33 bits per heavy atom. The molecule has 1 saturated heterocycles. The molecule has 0 spiro atoms. The second kappa shape index (κ2) is 5.17. The van der Waals surface area contributed by atoms with Crippen LogP contribution in [0.5, 0.6) is 5.75 Å². The van der Waals surface area contributed by atoms with E-state index in [0.717, 1.165) is 11.7 Å². The molecule has 2 nitrogen and oxygen atoms in total. The molecule has 1 aliphatic rings. The van der Waals surface area contributed by atoms with Crippen molar-refractivity contribution in [3.05, 3.63) is 29.8 Å². The molecule has 1 N–H and O–H groups in total. The Morgan fingerprint density at radius 3 is 2.73 bits per heavy atom. The van der Waals surface area contributed by atoms with Gasteiger partial charge in [0.05, 0.1) is 7.11 Å². The quantitative estimate of drug-likeness (QED) is 0.817. The Morgan fingerprint density at radius 2 is 2.13 bits per heavy atom. The molecule has 2 rings (SSSR count). The summed E-state index contributed by atoms with van der Waals surface area (Å²) < 4.78 is 5.15. The highest BCUT2D eigenvalue weighted by molar-refractivity contribution is 5.27. The Kier molecular flexibility index (Phi) is 3.62. The lowest BCUT2D eigenvalue weighted by atomic mass is 9.92. The fraction of sp³-hybridized carbons (Fsp3) is 0.538. The van der Waals surface area contributed by atoms with Crippen LogP contribution in [0, 0.1) is 5.92 Å². The molecule has 1 fully saturated rings. The number of rotatable bonds is 3. The van der Waals surface area contributed by atoms with Crippen LogP contribution in [0.2, 0.25) is 0 Å². The van der Waals surface area contributed by atoms with Crippen LogP contribution in [-0.4, -0.2) is 20.2 Å². The van der Waals surface area contributed by atoms with E-state index >= 15 is 0 Å². The lowest BCUT2D eigenvalue weighted by molar-refractivity contribution is 0.375. The monoisotopic (exact) mass is 205 g/mol. The van der Waals surface area contributed by atoms with Gasteiger partial charge in [-0.25, -0.2) is 0 Å². The number of nitrogens with one attached hydrogen (secondary N) is 1. The number of methoxy groups -OCH3 is 1. The summed E-state index contributed by atoms with van der Waals surface area (Å²) in [5.41, 5.74) is 1.42. The van der Waals surface area contributed by atoms with Crippen molar-refractivity contribution in [3.63, 3.8) is 0 Å². The fourth-order valence-electron chi connectivity index (χ4n) is 2.19. The highest BCUT2D eigenvalue weighted by Crippen LogP contribution is 2.18. The van der Waals surface area contributed by atoms with Crippen LogP contribution in [0.3, 0.4) is 0 Å². The summed E-state index contributed by atoms with van der Waals surface area (Å²) in [7, 11) is 1.71. The lowest BCUT2D eigenvalue weighted by Crippen LogP contribution is -2.30. The van der Waals surface area contributed by atoms with Crippen molar-refractivity contribution in [2.24, 2.45) is 5.92 Å². The molecule has 1 aliphatic heterocycles. The van der Waals surface area contributed by atoms with Crippen LogP contribution in [0.25, 0.3) is 0 Å². The fourth-order valence-corrected chi connectivity index (χ4v) is 2.19. The summed E-state index contributed by atoms with van der Waals surface area (Å²) in [6, 6.07) is 8.44. The summed E-state index contributed by atoms with van der Waals surface area (Å²) in [5, 5.41) is 3.45. The summed E-state index contributed by atoms with van der Waals surface area (Å²) in [4.78, 5) is 0. The van der Waals surface area contributed by atoms with Gasteiger partial charge in [-0.2, -0.15) is 0 Å². The molecule has 0 amide bonds. The van der Waals surface area contributed by atoms with Gasteiger partial charge in [0.15, 0.2) is 0 Å². The molecule has 15 heavy (non-hydrogen) atoms. The van der Waals surface area contributed by atoms with Crippen molar-refractivity contribution in [2.45, 2.75) is 19.3 Å². The van der Waals surface area contributed by atoms with E-state index in [9.17, 15) is 0 Å². The van der Waals surface area contributed by atoms with Crippen LogP contribution in [0.4, 0.5) is 0 Å². The zero-order valence-corrected chi connectivity index (χ0v) is 9.33. The first-order valence-corrected chi connectivity index (χ1v) is 5.72. The van der Waals surface area contributed by atoms with E-state index < -0.39 is 0 Å². The van der Waals surface area contributed by atoms with Crippen LogP contribution < -0.4 is 10.1 Å². The first-order valence-electron chi connectivity index (χ1n) is 5.72. The van der Waals surface area contributed by atoms with Crippen LogP contribution in [0.1, 0.15) is 18.4 Å². The average molecular weight is 205 g/mol. The summed E-state index contributed by atoms with van der Waals surface area (Å²) in [6.07, 6.45) is 3.87. The molecule has 1 aromatic rings. The zero-order valence-electron chi connectivity index (χ0n) is 9.33. The minimum atomic E-state index is 0.812. The zero-order chi connectivity index (χ0) is 10.5. The van der Waals surface area contributed by atoms with Crippen molar-refractivity contribution in [1.29, 1.82) is 0 Å². The molecule has 0 saturated carbocycles. The molecule has 0 bridgehead atoms. The largest absolute Gasteiger partial charge is 0.497 e. The Balaban J connectivity index is 1.91. The first kappa shape index (κ1) is 10.5. The highest BCUT2D eigenvalue weighted by atomic mass is 16.5. The minimum absolute atomic E-state index is 0.812. The maximum atomic E-state index is 5.15. The van der Waals surface area contributed by atoms with Gasteiger partial charge in [0.1, 0.15) is 5.75 Å². The number of hydrogen-bond donors (Lipinski definition) is 1. The second-order valence-corrected chi connectivity index (χ2v) is 4.26. The van der Waals surface area contributed by atoms with Crippen molar-refractivity contribution in [1.82, 2.24) is 5.32 Å². The van der Waals surface area contributed by atoms with E-state index in [1.54, 1.807) is 7.11 Å². The van der Waals surface area contributed by atoms with E-state index in [0.29, 0.717) is 0 Å². The predicted octanol–water partition coefficient (Wildman–Crippen LogP) is 2.24. The molecule has 0 unspecified atom stereocenters. The van der Waals surface area contributed by atoms with Gasteiger partial charge in [-0.3, -0.25) is 0 Å². The average Bonchev–Trinajstić information content (AvgIpc) is 2.31. The predicted molar refractivity (Wildman–Crippen MR) is 62.3 cm³/mol. The van der Waals surface area contributed by atoms with Gasteiger partial charge < -0.3 is 10.1 Å². The third-order valence-electron chi connectivity index (χ3n) is 3.08. The molecule has 1 heterocycles. The van der Waals surface area contributed by atoms with Crippen LogP contribution in [0.15, 0.2) is 24.3 Å².